The number of carbonyl (C=O) groups is 4. The van der Waals surface area contributed by atoms with Crippen LogP contribution in [0.2, 0.25) is 0 Å². The lowest BCUT2D eigenvalue weighted by Gasteiger charge is -2.38. The standard InChI is InChI=1S/C45H36N6O4/c1-4-37(48-25(3)50-43(53)33-16-9-11-26-21-28-19-20-46-41(28)40(39(26)33)45(50)55)47-24(2)49-42(52)32-15-10-12-27-22-29(23-34(38(27)32)44(49)54)51-35-17-7-5-13-30(35)31-14-6-8-18-36(31)51/h5-25,37,46-48H,4H2,1-3H3. The van der Waals surface area contributed by atoms with E-state index in [4.69, 9.17) is 0 Å². The first-order valence-corrected chi connectivity index (χ1v) is 18.6. The van der Waals surface area contributed by atoms with E-state index in [-0.39, 0.29) is 5.91 Å². The van der Waals surface area contributed by atoms with Crippen LogP contribution >= 0.6 is 0 Å². The van der Waals surface area contributed by atoms with Crippen molar-refractivity contribution in [1.29, 1.82) is 0 Å². The van der Waals surface area contributed by atoms with Gasteiger partial charge < -0.3 is 9.55 Å². The number of benzene rings is 6. The first kappa shape index (κ1) is 33.0. The average molecular weight is 725 g/mol. The van der Waals surface area contributed by atoms with Gasteiger partial charge in [-0.05, 0) is 79.6 Å². The van der Waals surface area contributed by atoms with Crippen molar-refractivity contribution >= 4 is 77.9 Å². The molecule has 0 spiro atoms. The second-order valence-electron chi connectivity index (χ2n) is 14.5. The number of imide groups is 2. The molecule has 0 bridgehead atoms. The molecule has 2 aliphatic heterocycles. The fourth-order valence-corrected chi connectivity index (χ4v) is 8.87. The van der Waals surface area contributed by atoms with Crippen LogP contribution in [0.4, 0.5) is 0 Å². The van der Waals surface area contributed by atoms with Crippen LogP contribution in [0.5, 0.6) is 0 Å². The molecule has 0 saturated carbocycles. The summed E-state index contributed by atoms with van der Waals surface area (Å²) >= 11 is 0. The molecule has 3 unspecified atom stereocenters. The van der Waals surface area contributed by atoms with Crippen LogP contribution < -0.4 is 10.6 Å². The summed E-state index contributed by atoms with van der Waals surface area (Å²) in [6, 6.07) is 35.3. The van der Waals surface area contributed by atoms with Crippen LogP contribution in [0.3, 0.4) is 0 Å². The number of aromatic amines is 1. The highest BCUT2D eigenvalue weighted by atomic mass is 16.2. The molecule has 10 heteroatoms. The first-order valence-electron chi connectivity index (χ1n) is 18.6. The quantitative estimate of drug-likeness (QED) is 0.108. The van der Waals surface area contributed by atoms with E-state index >= 15 is 0 Å². The number of hydrogen-bond donors (Lipinski definition) is 3. The van der Waals surface area contributed by atoms with Gasteiger partial charge >= 0.3 is 0 Å². The predicted octanol–water partition coefficient (Wildman–Crippen LogP) is 8.07. The minimum atomic E-state index is -0.745. The van der Waals surface area contributed by atoms with E-state index in [0.717, 1.165) is 43.7 Å². The van der Waals surface area contributed by atoms with Crippen molar-refractivity contribution in [1.82, 2.24) is 30.0 Å². The van der Waals surface area contributed by atoms with Gasteiger partial charge in [0.05, 0.1) is 46.2 Å². The highest BCUT2D eigenvalue weighted by Crippen LogP contribution is 2.38. The summed E-state index contributed by atoms with van der Waals surface area (Å²) in [4.78, 5) is 62.6. The molecule has 55 heavy (non-hydrogen) atoms. The van der Waals surface area contributed by atoms with Gasteiger partial charge in [-0.2, -0.15) is 0 Å². The normalized spacial score (nSPS) is 16.0. The first-order chi connectivity index (χ1) is 26.7. The van der Waals surface area contributed by atoms with Crippen molar-refractivity contribution in [3.63, 3.8) is 0 Å². The van der Waals surface area contributed by atoms with Crippen molar-refractivity contribution in [3.8, 4) is 5.69 Å². The summed E-state index contributed by atoms with van der Waals surface area (Å²) in [5, 5.41) is 12.9. The summed E-state index contributed by atoms with van der Waals surface area (Å²) in [5.74, 6) is -1.58. The Hall–Kier alpha value is -6.62. The van der Waals surface area contributed by atoms with Gasteiger partial charge in [-0.3, -0.25) is 39.6 Å². The predicted molar refractivity (Wildman–Crippen MR) is 214 cm³/mol. The lowest BCUT2D eigenvalue weighted by Crippen LogP contribution is -2.61. The highest BCUT2D eigenvalue weighted by Gasteiger charge is 2.40. The van der Waals surface area contributed by atoms with Crippen molar-refractivity contribution in [2.24, 2.45) is 0 Å². The zero-order valence-corrected chi connectivity index (χ0v) is 30.4. The van der Waals surface area contributed by atoms with Gasteiger partial charge in [0, 0.05) is 49.9 Å². The van der Waals surface area contributed by atoms with Gasteiger partial charge in [0.25, 0.3) is 23.6 Å². The summed E-state index contributed by atoms with van der Waals surface area (Å²) in [5.41, 5.74) is 5.38. The Morgan fingerprint density at radius 3 is 1.78 bits per heavy atom. The number of aromatic nitrogens is 2. The molecule has 6 aromatic carbocycles. The van der Waals surface area contributed by atoms with Gasteiger partial charge in [0.15, 0.2) is 0 Å². The van der Waals surface area contributed by atoms with Gasteiger partial charge in [-0.25, -0.2) is 0 Å². The van der Waals surface area contributed by atoms with E-state index in [9.17, 15) is 19.2 Å². The van der Waals surface area contributed by atoms with Crippen LogP contribution in [-0.2, 0) is 0 Å². The van der Waals surface area contributed by atoms with E-state index < -0.39 is 36.2 Å². The van der Waals surface area contributed by atoms with E-state index in [1.165, 1.54) is 9.80 Å². The van der Waals surface area contributed by atoms with Crippen molar-refractivity contribution in [2.45, 2.75) is 45.7 Å². The Kier molecular flexibility index (Phi) is 7.32. The Morgan fingerprint density at radius 2 is 1.15 bits per heavy atom. The van der Waals surface area contributed by atoms with Gasteiger partial charge in [0.1, 0.15) is 0 Å². The van der Waals surface area contributed by atoms with Gasteiger partial charge in [0.2, 0.25) is 0 Å². The third-order valence-corrected chi connectivity index (χ3v) is 11.3. The van der Waals surface area contributed by atoms with Crippen LogP contribution in [0.25, 0.3) is 59.9 Å². The number of amides is 4. The minimum absolute atomic E-state index is 0.387. The maximum Gasteiger partial charge on any atom is 0.264 e. The molecule has 0 fully saturated rings. The van der Waals surface area contributed by atoms with Gasteiger partial charge in [-0.15, -0.1) is 0 Å². The monoisotopic (exact) mass is 724 g/mol. The lowest BCUT2D eigenvalue weighted by atomic mass is 9.92. The number of rotatable bonds is 8. The Bertz CT molecular complexity index is 2920. The maximum atomic E-state index is 14.6. The number of carbonyl (C=O) groups excluding carboxylic acids is 4. The second-order valence-corrected chi connectivity index (χ2v) is 14.5. The fraction of sp³-hybridized carbons (Fsp3) is 0.156. The molecule has 0 saturated heterocycles. The third-order valence-electron chi connectivity index (χ3n) is 11.3. The number of nitrogens with zero attached hydrogens (tertiary/aromatic N) is 3. The van der Waals surface area contributed by atoms with Crippen molar-refractivity contribution in [3.05, 3.63) is 138 Å². The molecule has 2 aromatic heterocycles. The summed E-state index contributed by atoms with van der Waals surface area (Å²) in [7, 11) is 0. The molecule has 270 valence electrons. The fourth-order valence-electron chi connectivity index (χ4n) is 8.87. The van der Waals surface area contributed by atoms with E-state index in [1.54, 1.807) is 32.2 Å². The average Bonchev–Trinajstić information content (AvgIpc) is 3.80. The highest BCUT2D eigenvalue weighted by molar-refractivity contribution is 6.30. The van der Waals surface area contributed by atoms with Crippen molar-refractivity contribution in [2.75, 3.05) is 0 Å². The molecular weight excluding hydrogens is 689 g/mol. The molecule has 4 amide bonds. The number of fused-ring (bicyclic) bond motifs is 5. The van der Waals surface area contributed by atoms with E-state index in [0.29, 0.717) is 45.0 Å². The number of H-pyrrole nitrogens is 1. The molecule has 10 rings (SSSR count). The molecule has 0 radical (unpaired) electrons. The number of hydrogen-bond acceptors (Lipinski definition) is 6. The number of nitrogens with one attached hydrogen (secondary N) is 3. The Labute approximate surface area is 315 Å². The molecular formula is C45H36N6O4. The lowest BCUT2D eigenvalue weighted by molar-refractivity contribution is 0.0473. The molecule has 8 aromatic rings. The van der Waals surface area contributed by atoms with E-state index in [2.05, 4.69) is 44.5 Å². The Balaban J connectivity index is 0.966. The summed E-state index contributed by atoms with van der Waals surface area (Å²) in [6.07, 6.45) is 0.366. The van der Waals surface area contributed by atoms with Crippen LogP contribution in [0, 0.1) is 0 Å². The zero-order chi connectivity index (χ0) is 37.7. The van der Waals surface area contributed by atoms with Crippen LogP contribution in [0.15, 0.2) is 115 Å². The molecule has 4 heterocycles. The minimum Gasteiger partial charge on any atom is -0.361 e. The molecule has 3 atom stereocenters. The second kappa shape index (κ2) is 12.2. The third kappa shape index (κ3) is 4.75. The molecule has 10 nitrogen and oxygen atoms in total. The van der Waals surface area contributed by atoms with Crippen molar-refractivity contribution < 1.29 is 19.2 Å². The molecule has 2 aliphatic rings. The number of para-hydroxylation sites is 2. The Morgan fingerprint density at radius 1 is 0.582 bits per heavy atom. The van der Waals surface area contributed by atoms with Crippen LogP contribution in [0.1, 0.15) is 68.6 Å². The summed E-state index contributed by atoms with van der Waals surface area (Å²) < 4.78 is 2.17. The van der Waals surface area contributed by atoms with E-state index in [1.807, 2.05) is 79.7 Å². The van der Waals surface area contributed by atoms with Gasteiger partial charge in [-0.1, -0.05) is 67.6 Å². The smallest absolute Gasteiger partial charge is 0.264 e. The topological polar surface area (TPSA) is 120 Å². The summed E-state index contributed by atoms with van der Waals surface area (Å²) in [6.45, 7) is 5.51. The molecule has 3 N–H and O–H groups in total. The van der Waals surface area contributed by atoms with Crippen LogP contribution in [-0.4, -0.2) is 61.5 Å². The zero-order valence-electron chi connectivity index (χ0n) is 30.4. The molecule has 0 aliphatic carbocycles. The largest absolute Gasteiger partial charge is 0.361 e. The SMILES string of the molecule is CCC(NC(C)N1C(=O)c2cccc3cc(-n4c5ccccc5c5ccccc54)cc(c23)C1=O)NC(C)N1C(=O)c2cccc3cc4cc[nH]c4c(c23)C1=O. The maximum absolute atomic E-state index is 14.6.